The van der Waals surface area contributed by atoms with Gasteiger partial charge in [0, 0.05) is 6.04 Å². The highest BCUT2D eigenvalue weighted by molar-refractivity contribution is 4.72. The van der Waals surface area contributed by atoms with Gasteiger partial charge in [0.15, 0.2) is 0 Å². The van der Waals surface area contributed by atoms with Crippen molar-refractivity contribution in [2.75, 3.05) is 0 Å². The van der Waals surface area contributed by atoms with E-state index in [4.69, 9.17) is 4.84 Å². The normalized spacial score (nSPS) is 34.2. The fourth-order valence-corrected chi connectivity index (χ4v) is 2.80. The standard InChI is InChI=1S/C13H25NO/c1-11-5-4-6-12(10-9-11)14-15-13-7-2-3-8-13/h11-14H,2-10H2,1H3. The van der Waals surface area contributed by atoms with Gasteiger partial charge in [-0.3, -0.25) is 4.84 Å². The van der Waals surface area contributed by atoms with Crippen molar-refractivity contribution in [2.24, 2.45) is 5.92 Å². The van der Waals surface area contributed by atoms with Crippen LogP contribution in [0.2, 0.25) is 0 Å². The molecule has 0 aliphatic heterocycles. The smallest absolute Gasteiger partial charge is 0.0790 e. The fourth-order valence-electron chi connectivity index (χ4n) is 2.80. The predicted octanol–water partition coefficient (Wildman–Crippen LogP) is 3.42. The van der Waals surface area contributed by atoms with Gasteiger partial charge in [-0.1, -0.05) is 32.6 Å². The van der Waals surface area contributed by atoms with Crippen LogP contribution in [0.5, 0.6) is 0 Å². The van der Waals surface area contributed by atoms with Gasteiger partial charge < -0.3 is 0 Å². The Balaban J connectivity index is 1.64. The second-order valence-electron chi connectivity index (χ2n) is 5.45. The van der Waals surface area contributed by atoms with E-state index in [9.17, 15) is 0 Å². The molecular weight excluding hydrogens is 186 g/mol. The fraction of sp³-hybridized carbons (Fsp3) is 1.00. The summed E-state index contributed by atoms with van der Waals surface area (Å²) in [4.78, 5) is 5.78. The molecule has 0 aromatic heterocycles. The second-order valence-corrected chi connectivity index (χ2v) is 5.45. The lowest BCUT2D eigenvalue weighted by Crippen LogP contribution is -2.32. The molecule has 2 nitrogen and oxygen atoms in total. The molecule has 2 aliphatic rings. The van der Waals surface area contributed by atoms with Crippen molar-refractivity contribution in [1.82, 2.24) is 5.48 Å². The van der Waals surface area contributed by atoms with E-state index in [0.29, 0.717) is 12.1 Å². The summed E-state index contributed by atoms with van der Waals surface area (Å²) in [6.07, 6.45) is 12.5. The molecule has 2 atom stereocenters. The summed E-state index contributed by atoms with van der Waals surface area (Å²) in [5.74, 6) is 0.920. The Hall–Kier alpha value is -0.0800. The summed E-state index contributed by atoms with van der Waals surface area (Å²) in [5, 5.41) is 0. The topological polar surface area (TPSA) is 21.3 Å². The molecule has 2 rings (SSSR count). The number of hydroxylamine groups is 1. The Kier molecular flexibility index (Phi) is 4.45. The molecule has 0 aromatic carbocycles. The number of hydrogen-bond acceptors (Lipinski definition) is 2. The molecule has 2 heteroatoms. The quantitative estimate of drug-likeness (QED) is 0.570. The molecule has 88 valence electrons. The van der Waals surface area contributed by atoms with E-state index in [2.05, 4.69) is 12.4 Å². The highest BCUT2D eigenvalue weighted by Gasteiger charge is 2.19. The Bertz CT molecular complexity index is 177. The highest BCUT2D eigenvalue weighted by Crippen LogP contribution is 2.24. The van der Waals surface area contributed by atoms with Gasteiger partial charge in [0.05, 0.1) is 6.10 Å². The number of nitrogens with one attached hydrogen (secondary N) is 1. The molecule has 0 radical (unpaired) electrons. The summed E-state index contributed by atoms with van der Waals surface area (Å²) < 4.78 is 0. The molecular formula is C13H25NO. The van der Waals surface area contributed by atoms with E-state index in [1.54, 1.807) is 0 Å². The zero-order valence-corrected chi connectivity index (χ0v) is 10.0. The van der Waals surface area contributed by atoms with Crippen LogP contribution in [0.4, 0.5) is 0 Å². The molecule has 0 aromatic rings. The summed E-state index contributed by atoms with van der Waals surface area (Å²) in [6.45, 7) is 2.38. The van der Waals surface area contributed by atoms with Crippen molar-refractivity contribution in [2.45, 2.75) is 76.9 Å². The van der Waals surface area contributed by atoms with Gasteiger partial charge in [0.1, 0.15) is 0 Å². The number of hydrogen-bond donors (Lipinski definition) is 1. The zero-order valence-electron chi connectivity index (χ0n) is 10.0. The molecule has 0 amide bonds. The molecule has 0 spiro atoms. The van der Waals surface area contributed by atoms with Crippen LogP contribution >= 0.6 is 0 Å². The van der Waals surface area contributed by atoms with Crippen molar-refractivity contribution < 1.29 is 4.84 Å². The van der Waals surface area contributed by atoms with Crippen molar-refractivity contribution >= 4 is 0 Å². The van der Waals surface area contributed by atoms with Gasteiger partial charge >= 0.3 is 0 Å². The van der Waals surface area contributed by atoms with Gasteiger partial charge in [-0.05, 0) is 38.0 Å². The lowest BCUT2D eigenvalue weighted by atomic mass is 10.0. The zero-order chi connectivity index (χ0) is 10.5. The lowest BCUT2D eigenvalue weighted by Gasteiger charge is -2.19. The second kappa shape index (κ2) is 5.86. The largest absolute Gasteiger partial charge is 0.298 e. The van der Waals surface area contributed by atoms with Crippen LogP contribution in [0.1, 0.15) is 64.7 Å². The van der Waals surface area contributed by atoms with Crippen molar-refractivity contribution in [1.29, 1.82) is 0 Å². The molecule has 0 heterocycles. The minimum absolute atomic E-state index is 0.505. The first-order valence-corrected chi connectivity index (χ1v) is 6.76. The van der Waals surface area contributed by atoms with Crippen LogP contribution in [0.15, 0.2) is 0 Å². The van der Waals surface area contributed by atoms with Crippen LogP contribution in [0.3, 0.4) is 0 Å². The summed E-state index contributed by atoms with van der Waals surface area (Å²) >= 11 is 0. The maximum Gasteiger partial charge on any atom is 0.0790 e. The monoisotopic (exact) mass is 211 g/mol. The molecule has 2 fully saturated rings. The average Bonchev–Trinajstić information content (AvgIpc) is 2.66. The average molecular weight is 211 g/mol. The predicted molar refractivity (Wildman–Crippen MR) is 62.5 cm³/mol. The van der Waals surface area contributed by atoms with Crippen molar-refractivity contribution in [3.63, 3.8) is 0 Å². The Morgan fingerprint density at radius 1 is 0.867 bits per heavy atom. The maximum atomic E-state index is 5.78. The van der Waals surface area contributed by atoms with Crippen molar-refractivity contribution in [3.8, 4) is 0 Å². The van der Waals surface area contributed by atoms with E-state index in [1.807, 2.05) is 0 Å². The Labute approximate surface area is 93.7 Å². The molecule has 1 N–H and O–H groups in total. The first kappa shape index (κ1) is 11.4. The molecule has 0 saturated heterocycles. The van der Waals surface area contributed by atoms with E-state index < -0.39 is 0 Å². The van der Waals surface area contributed by atoms with Crippen LogP contribution in [-0.2, 0) is 4.84 Å². The third kappa shape index (κ3) is 3.76. The van der Waals surface area contributed by atoms with Crippen LogP contribution < -0.4 is 5.48 Å². The molecule has 0 bridgehead atoms. The van der Waals surface area contributed by atoms with E-state index >= 15 is 0 Å². The van der Waals surface area contributed by atoms with Gasteiger partial charge in [0.2, 0.25) is 0 Å². The summed E-state index contributed by atoms with van der Waals surface area (Å²) in [7, 11) is 0. The van der Waals surface area contributed by atoms with E-state index in [1.165, 1.54) is 57.8 Å². The minimum atomic E-state index is 0.505. The molecule has 15 heavy (non-hydrogen) atoms. The molecule has 2 aliphatic carbocycles. The maximum absolute atomic E-state index is 5.78. The summed E-state index contributed by atoms with van der Waals surface area (Å²) in [6, 6.07) is 0.621. The van der Waals surface area contributed by atoms with Gasteiger partial charge in [-0.2, -0.15) is 5.48 Å². The Morgan fingerprint density at radius 2 is 1.67 bits per heavy atom. The van der Waals surface area contributed by atoms with Gasteiger partial charge in [0.25, 0.3) is 0 Å². The van der Waals surface area contributed by atoms with Crippen LogP contribution in [-0.4, -0.2) is 12.1 Å². The van der Waals surface area contributed by atoms with Gasteiger partial charge in [-0.15, -0.1) is 0 Å². The molecule has 2 saturated carbocycles. The first-order chi connectivity index (χ1) is 7.34. The lowest BCUT2D eigenvalue weighted by molar-refractivity contribution is -0.0426. The SMILES string of the molecule is CC1CCCC(NOC2CCCC2)CC1. The van der Waals surface area contributed by atoms with Crippen LogP contribution in [0, 0.1) is 5.92 Å². The van der Waals surface area contributed by atoms with Gasteiger partial charge in [-0.25, -0.2) is 0 Å². The highest BCUT2D eigenvalue weighted by atomic mass is 16.7. The Morgan fingerprint density at radius 3 is 2.47 bits per heavy atom. The summed E-state index contributed by atoms with van der Waals surface area (Å²) in [5.41, 5.74) is 3.32. The van der Waals surface area contributed by atoms with Crippen LogP contribution in [0.25, 0.3) is 0 Å². The van der Waals surface area contributed by atoms with E-state index in [-0.39, 0.29) is 0 Å². The molecule has 2 unspecified atom stereocenters. The third-order valence-electron chi connectivity index (χ3n) is 3.96. The number of rotatable bonds is 3. The van der Waals surface area contributed by atoms with Crippen molar-refractivity contribution in [3.05, 3.63) is 0 Å². The van der Waals surface area contributed by atoms with E-state index in [0.717, 1.165) is 5.92 Å². The first-order valence-electron chi connectivity index (χ1n) is 6.76. The third-order valence-corrected chi connectivity index (χ3v) is 3.96. The minimum Gasteiger partial charge on any atom is -0.298 e.